The highest BCUT2D eigenvalue weighted by Gasteiger charge is 2.37. The Morgan fingerprint density at radius 3 is 2.26 bits per heavy atom. The fourth-order valence-corrected chi connectivity index (χ4v) is 5.88. The van der Waals surface area contributed by atoms with Crippen LogP contribution in [-0.2, 0) is 16.0 Å². The second-order valence-corrected chi connectivity index (χ2v) is 10.4. The summed E-state index contributed by atoms with van der Waals surface area (Å²) in [5.74, 6) is 2.63. The van der Waals surface area contributed by atoms with Crippen LogP contribution in [-0.4, -0.2) is 51.3 Å². The molecule has 4 rings (SSSR count). The Bertz CT molecular complexity index is 1090. The van der Waals surface area contributed by atoms with Crippen molar-refractivity contribution in [2.75, 3.05) is 34.5 Å². The molecule has 0 aromatic heterocycles. The van der Waals surface area contributed by atoms with Crippen molar-refractivity contribution in [2.45, 2.75) is 64.3 Å². The largest absolute Gasteiger partial charge is 0.493 e. The minimum atomic E-state index is -0.389. The summed E-state index contributed by atoms with van der Waals surface area (Å²) in [6.07, 6.45) is 8.75. The number of rotatable bonds is 10. The number of hydrogen-bond donors (Lipinski definition) is 0. The molecule has 1 amide bonds. The van der Waals surface area contributed by atoms with Crippen molar-refractivity contribution in [3.05, 3.63) is 53.1 Å². The second-order valence-electron chi connectivity index (χ2n) is 10.4. The normalized spacial score (nSPS) is 20.8. The highest BCUT2D eigenvalue weighted by atomic mass is 16.5. The minimum absolute atomic E-state index is 0.0661. The van der Waals surface area contributed by atoms with Crippen molar-refractivity contribution < 1.29 is 28.5 Å². The molecule has 7 heteroatoms. The van der Waals surface area contributed by atoms with Crippen LogP contribution >= 0.6 is 0 Å². The van der Waals surface area contributed by atoms with E-state index < -0.39 is 0 Å². The Morgan fingerprint density at radius 1 is 0.947 bits per heavy atom. The van der Waals surface area contributed by atoms with Crippen LogP contribution in [0.1, 0.15) is 79.4 Å². The van der Waals surface area contributed by atoms with E-state index in [0.717, 1.165) is 49.1 Å². The topological polar surface area (TPSA) is 74.3 Å². The van der Waals surface area contributed by atoms with Crippen LogP contribution in [0.25, 0.3) is 0 Å². The van der Waals surface area contributed by atoms with Crippen LogP contribution < -0.4 is 14.2 Å². The van der Waals surface area contributed by atoms with Crippen molar-refractivity contribution in [3.8, 4) is 17.2 Å². The molecule has 38 heavy (non-hydrogen) atoms. The summed E-state index contributed by atoms with van der Waals surface area (Å²) in [5, 5.41) is 0. The standard InChI is InChI=1S/C31H41NO6/c1-5-6-7-21-8-10-22(11-9-21)30(33)32-17-16-24-18-28(35-2)29(36-3)19-26(24)27(32)20-38-25-14-12-23(13-15-25)31(34)37-4/h12-15,18-19,21-22,27H,5-11,16-17,20H2,1-4H3. The van der Waals surface area contributed by atoms with Gasteiger partial charge in [-0.05, 0) is 85.5 Å². The molecule has 1 saturated carbocycles. The summed E-state index contributed by atoms with van der Waals surface area (Å²) in [5.41, 5.74) is 2.64. The Balaban J connectivity index is 1.55. The van der Waals surface area contributed by atoms with Crippen LogP contribution in [0.2, 0.25) is 0 Å². The summed E-state index contributed by atoms with van der Waals surface area (Å²) in [6.45, 7) is 3.19. The van der Waals surface area contributed by atoms with E-state index in [2.05, 4.69) is 6.92 Å². The van der Waals surface area contributed by atoms with Gasteiger partial charge >= 0.3 is 5.97 Å². The molecule has 1 unspecified atom stereocenters. The predicted octanol–water partition coefficient (Wildman–Crippen LogP) is 5.99. The van der Waals surface area contributed by atoms with Crippen molar-refractivity contribution in [2.24, 2.45) is 11.8 Å². The van der Waals surface area contributed by atoms with E-state index in [1.807, 2.05) is 17.0 Å². The van der Waals surface area contributed by atoms with E-state index in [9.17, 15) is 9.59 Å². The Labute approximate surface area is 226 Å². The maximum atomic E-state index is 13.9. The number of ether oxygens (including phenoxy) is 4. The maximum absolute atomic E-state index is 13.9. The van der Waals surface area contributed by atoms with Gasteiger partial charge in [0.05, 0.1) is 32.9 Å². The van der Waals surface area contributed by atoms with Gasteiger partial charge in [-0.1, -0.05) is 26.2 Å². The van der Waals surface area contributed by atoms with Gasteiger partial charge in [-0.3, -0.25) is 4.79 Å². The van der Waals surface area contributed by atoms with Gasteiger partial charge in [0.15, 0.2) is 11.5 Å². The molecule has 206 valence electrons. The van der Waals surface area contributed by atoms with E-state index in [0.29, 0.717) is 36.0 Å². The quantitative estimate of drug-likeness (QED) is 0.356. The van der Waals surface area contributed by atoms with Gasteiger partial charge < -0.3 is 23.8 Å². The van der Waals surface area contributed by atoms with Crippen LogP contribution in [0, 0.1) is 11.8 Å². The lowest BCUT2D eigenvalue weighted by Crippen LogP contribution is -2.46. The fourth-order valence-electron chi connectivity index (χ4n) is 5.88. The van der Waals surface area contributed by atoms with Crippen molar-refractivity contribution >= 4 is 11.9 Å². The van der Waals surface area contributed by atoms with Crippen LogP contribution in [0.3, 0.4) is 0 Å². The fraction of sp³-hybridized carbons (Fsp3) is 0.548. The summed E-state index contributed by atoms with van der Waals surface area (Å²) >= 11 is 0. The Hall–Kier alpha value is -3.22. The first-order valence-electron chi connectivity index (χ1n) is 13.8. The average Bonchev–Trinajstić information content (AvgIpc) is 2.97. The van der Waals surface area contributed by atoms with Gasteiger partial charge in [0.25, 0.3) is 0 Å². The van der Waals surface area contributed by atoms with Gasteiger partial charge in [-0.2, -0.15) is 0 Å². The molecule has 2 aromatic rings. The number of methoxy groups -OCH3 is 3. The molecule has 0 saturated heterocycles. The number of carbonyl (C=O) groups excluding carboxylic acids is 2. The van der Waals surface area contributed by atoms with Gasteiger partial charge in [-0.15, -0.1) is 0 Å². The highest BCUT2D eigenvalue weighted by molar-refractivity contribution is 5.89. The third kappa shape index (κ3) is 6.25. The zero-order valence-electron chi connectivity index (χ0n) is 23.2. The molecule has 0 spiro atoms. The molecule has 2 aliphatic rings. The van der Waals surface area contributed by atoms with Crippen LogP contribution in [0.4, 0.5) is 0 Å². The van der Waals surface area contributed by atoms with E-state index in [-0.39, 0.29) is 23.8 Å². The number of carbonyl (C=O) groups is 2. The molecule has 0 radical (unpaired) electrons. The lowest BCUT2D eigenvalue weighted by Gasteiger charge is -2.40. The van der Waals surface area contributed by atoms with Gasteiger partial charge in [0.2, 0.25) is 5.91 Å². The molecule has 1 aliphatic heterocycles. The molecule has 0 bridgehead atoms. The molecule has 1 fully saturated rings. The summed E-state index contributed by atoms with van der Waals surface area (Å²) < 4.78 is 22.1. The number of esters is 1. The summed E-state index contributed by atoms with van der Waals surface area (Å²) in [4.78, 5) is 27.7. The first kappa shape index (κ1) is 27.8. The number of hydrogen-bond acceptors (Lipinski definition) is 6. The third-order valence-corrected chi connectivity index (χ3v) is 8.13. The third-order valence-electron chi connectivity index (χ3n) is 8.13. The van der Waals surface area contributed by atoms with Crippen LogP contribution in [0.15, 0.2) is 36.4 Å². The van der Waals surface area contributed by atoms with Crippen LogP contribution in [0.5, 0.6) is 17.2 Å². The molecule has 0 N–H and O–H groups in total. The van der Waals surface area contributed by atoms with Gasteiger partial charge in [-0.25, -0.2) is 4.79 Å². The van der Waals surface area contributed by atoms with E-state index >= 15 is 0 Å². The minimum Gasteiger partial charge on any atom is -0.493 e. The number of benzene rings is 2. The molecule has 1 atom stereocenters. The Morgan fingerprint density at radius 2 is 1.63 bits per heavy atom. The van der Waals surface area contributed by atoms with Gasteiger partial charge in [0.1, 0.15) is 12.4 Å². The summed E-state index contributed by atoms with van der Waals surface area (Å²) in [6, 6.07) is 10.6. The molecule has 7 nitrogen and oxygen atoms in total. The first-order chi connectivity index (χ1) is 18.5. The number of amides is 1. The summed E-state index contributed by atoms with van der Waals surface area (Å²) in [7, 11) is 4.62. The van der Waals surface area contributed by atoms with E-state index in [1.165, 1.54) is 26.4 Å². The monoisotopic (exact) mass is 523 g/mol. The molecule has 2 aromatic carbocycles. The zero-order valence-corrected chi connectivity index (χ0v) is 23.2. The smallest absolute Gasteiger partial charge is 0.337 e. The van der Waals surface area contributed by atoms with Crippen molar-refractivity contribution in [1.82, 2.24) is 4.90 Å². The van der Waals surface area contributed by atoms with Crippen molar-refractivity contribution in [1.29, 1.82) is 0 Å². The van der Waals surface area contributed by atoms with E-state index in [1.54, 1.807) is 38.5 Å². The number of unbranched alkanes of at least 4 members (excludes halogenated alkanes) is 1. The molecular formula is C31H41NO6. The molecular weight excluding hydrogens is 482 g/mol. The van der Waals surface area contributed by atoms with E-state index in [4.69, 9.17) is 18.9 Å². The SMILES string of the molecule is CCCCC1CCC(C(=O)N2CCc3cc(OC)c(OC)cc3C2COc2ccc(C(=O)OC)cc2)CC1. The lowest BCUT2D eigenvalue weighted by molar-refractivity contribution is -0.140. The zero-order chi connectivity index (χ0) is 27.1. The second kappa shape index (κ2) is 13.0. The predicted molar refractivity (Wildman–Crippen MR) is 146 cm³/mol. The average molecular weight is 524 g/mol. The van der Waals surface area contributed by atoms with Crippen molar-refractivity contribution in [3.63, 3.8) is 0 Å². The Kier molecular flexibility index (Phi) is 9.53. The van der Waals surface area contributed by atoms with Gasteiger partial charge in [0, 0.05) is 12.5 Å². The lowest BCUT2D eigenvalue weighted by atomic mass is 9.78. The molecule has 1 heterocycles. The number of fused-ring (bicyclic) bond motifs is 1. The first-order valence-corrected chi connectivity index (χ1v) is 13.8. The molecule has 1 aliphatic carbocycles. The highest BCUT2D eigenvalue weighted by Crippen LogP contribution is 2.40. The number of nitrogens with zero attached hydrogens (tertiary/aromatic N) is 1. The maximum Gasteiger partial charge on any atom is 0.337 e.